The van der Waals surface area contributed by atoms with E-state index < -0.39 is 0 Å². The molecule has 0 fully saturated rings. The van der Waals surface area contributed by atoms with Gasteiger partial charge in [-0.3, -0.25) is 4.98 Å². The number of hydrogen-bond acceptors (Lipinski definition) is 2. The van der Waals surface area contributed by atoms with Gasteiger partial charge in [0.05, 0.1) is 5.02 Å². The highest BCUT2D eigenvalue weighted by molar-refractivity contribution is 6.35. The van der Waals surface area contributed by atoms with Gasteiger partial charge in [0.2, 0.25) is 0 Å². The molecule has 0 bridgehead atoms. The van der Waals surface area contributed by atoms with Gasteiger partial charge >= 0.3 is 0 Å². The van der Waals surface area contributed by atoms with Crippen molar-refractivity contribution in [1.29, 1.82) is 0 Å². The maximum Gasteiger partial charge on any atom is 0.141 e. The minimum Gasteiger partial charge on any atom is -0.506 e. The lowest BCUT2D eigenvalue weighted by atomic mass is 10.1. The van der Waals surface area contributed by atoms with Crippen molar-refractivity contribution < 1.29 is 5.11 Å². The van der Waals surface area contributed by atoms with Crippen LogP contribution in [-0.4, -0.2) is 10.1 Å². The summed E-state index contributed by atoms with van der Waals surface area (Å²) in [6.45, 7) is 0. The molecule has 0 unspecified atom stereocenters. The molecule has 0 aliphatic carbocycles. The molecule has 1 N–H and O–H groups in total. The lowest BCUT2D eigenvalue weighted by Gasteiger charge is -2.05. The van der Waals surface area contributed by atoms with Crippen LogP contribution in [0.5, 0.6) is 5.75 Å². The highest BCUT2D eigenvalue weighted by Gasteiger charge is 2.09. The number of rotatable bonds is 1. The van der Waals surface area contributed by atoms with E-state index in [1.54, 1.807) is 36.5 Å². The summed E-state index contributed by atoms with van der Waals surface area (Å²) in [5, 5.41) is 10.7. The zero-order valence-corrected chi connectivity index (χ0v) is 9.13. The van der Waals surface area contributed by atoms with Crippen molar-refractivity contribution in [3.05, 3.63) is 46.6 Å². The zero-order valence-electron chi connectivity index (χ0n) is 7.61. The Morgan fingerprint density at radius 3 is 2.67 bits per heavy atom. The molecule has 2 nitrogen and oxygen atoms in total. The van der Waals surface area contributed by atoms with E-state index in [0.29, 0.717) is 21.3 Å². The maximum absolute atomic E-state index is 9.62. The van der Waals surface area contributed by atoms with E-state index in [2.05, 4.69) is 4.98 Å². The van der Waals surface area contributed by atoms with Gasteiger partial charge in [0.15, 0.2) is 0 Å². The van der Waals surface area contributed by atoms with Crippen LogP contribution in [0.15, 0.2) is 36.5 Å². The van der Waals surface area contributed by atoms with Crippen molar-refractivity contribution in [3.63, 3.8) is 0 Å². The summed E-state index contributed by atoms with van der Waals surface area (Å²) in [6.07, 6.45) is 1.59. The molecule has 0 spiro atoms. The molecule has 0 saturated heterocycles. The summed E-state index contributed by atoms with van der Waals surface area (Å²) in [7, 11) is 0. The van der Waals surface area contributed by atoms with E-state index in [-0.39, 0.29) is 5.75 Å². The minimum absolute atomic E-state index is 0.0849. The van der Waals surface area contributed by atoms with Crippen LogP contribution in [0.25, 0.3) is 11.3 Å². The highest BCUT2D eigenvalue weighted by atomic mass is 35.5. The molecule has 15 heavy (non-hydrogen) atoms. The van der Waals surface area contributed by atoms with Crippen LogP contribution < -0.4 is 0 Å². The molecule has 0 amide bonds. The third-order valence-corrected chi connectivity index (χ3v) is 2.53. The second-order valence-corrected chi connectivity index (χ2v) is 3.84. The Bertz CT molecular complexity index is 500. The molecule has 2 aromatic rings. The fraction of sp³-hybridized carbons (Fsp3) is 0. The first-order valence-corrected chi connectivity index (χ1v) is 5.03. The van der Waals surface area contributed by atoms with Crippen molar-refractivity contribution in [3.8, 4) is 17.0 Å². The molecule has 0 aliphatic heterocycles. The largest absolute Gasteiger partial charge is 0.506 e. The van der Waals surface area contributed by atoms with Crippen molar-refractivity contribution >= 4 is 23.2 Å². The summed E-state index contributed by atoms with van der Waals surface area (Å²) < 4.78 is 0. The van der Waals surface area contributed by atoms with E-state index in [0.717, 1.165) is 0 Å². The molecule has 1 heterocycles. The van der Waals surface area contributed by atoms with Gasteiger partial charge in [-0.1, -0.05) is 23.2 Å². The van der Waals surface area contributed by atoms with E-state index in [9.17, 15) is 5.11 Å². The van der Waals surface area contributed by atoms with Gasteiger partial charge in [0.25, 0.3) is 0 Å². The standard InChI is InChI=1S/C11H7Cl2NO/c12-7-3-4-9(13)8(6-7)11-10(15)2-1-5-14-11/h1-6,15H. The van der Waals surface area contributed by atoms with E-state index >= 15 is 0 Å². The maximum atomic E-state index is 9.62. The Hall–Kier alpha value is -1.25. The monoisotopic (exact) mass is 239 g/mol. The minimum atomic E-state index is 0.0849. The first-order chi connectivity index (χ1) is 7.18. The predicted molar refractivity (Wildman–Crippen MR) is 61.4 cm³/mol. The van der Waals surface area contributed by atoms with Gasteiger partial charge < -0.3 is 5.11 Å². The number of pyridine rings is 1. The molecular weight excluding hydrogens is 233 g/mol. The van der Waals surface area contributed by atoms with Gasteiger partial charge in [-0.2, -0.15) is 0 Å². The van der Waals surface area contributed by atoms with E-state index in [1.165, 1.54) is 0 Å². The Kier molecular flexibility index (Phi) is 2.80. The molecule has 4 heteroatoms. The van der Waals surface area contributed by atoms with Gasteiger partial charge in [0, 0.05) is 16.8 Å². The summed E-state index contributed by atoms with van der Waals surface area (Å²) in [5.74, 6) is 0.0849. The van der Waals surface area contributed by atoms with Crippen LogP contribution >= 0.6 is 23.2 Å². The Labute approximate surface area is 97.1 Å². The lowest BCUT2D eigenvalue weighted by Crippen LogP contribution is -1.84. The van der Waals surface area contributed by atoms with Crippen LogP contribution in [0.1, 0.15) is 0 Å². The predicted octanol–water partition coefficient (Wildman–Crippen LogP) is 3.76. The van der Waals surface area contributed by atoms with Crippen LogP contribution in [0.2, 0.25) is 10.0 Å². The van der Waals surface area contributed by atoms with Gasteiger partial charge in [0.1, 0.15) is 11.4 Å². The fourth-order valence-corrected chi connectivity index (χ4v) is 1.66. The fourth-order valence-electron chi connectivity index (χ4n) is 1.28. The van der Waals surface area contributed by atoms with Crippen molar-refractivity contribution in [2.75, 3.05) is 0 Å². The summed E-state index contributed by atoms with van der Waals surface area (Å²) in [4.78, 5) is 4.06. The Morgan fingerprint density at radius 1 is 1.13 bits per heavy atom. The van der Waals surface area contributed by atoms with Crippen molar-refractivity contribution in [2.45, 2.75) is 0 Å². The number of benzene rings is 1. The SMILES string of the molecule is Oc1cccnc1-c1cc(Cl)ccc1Cl. The lowest BCUT2D eigenvalue weighted by molar-refractivity contribution is 0.475. The normalized spacial score (nSPS) is 10.3. The molecule has 0 radical (unpaired) electrons. The van der Waals surface area contributed by atoms with Crippen LogP contribution in [0.4, 0.5) is 0 Å². The van der Waals surface area contributed by atoms with Crippen molar-refractivity contribution in [2.24, 2.45) is 0 Å². The molecule has 0 saturated carbocycles. The Balaban J connectivity index is 2.64. The second-order valence-electron chi connectivity index (χ2n) is 3.00. The quantitative estimate of drug-likeness (QED) is 0.823. The molecule has 2 rings (SSSR count). The number of aromatic nitrogens is 1. The summed E-state index contributed by atoms with van der Waals surface area (Å²) in [5.41, 5.74) is 1.06. The zero-order chi connectivity index (χ0) is 10.8. The summed E-state index contributed by atoms with van der Waals surface area (Å²) in [6, 6.07) is 8.24. The van der Waals surface area contributed by atoms with Gasteiger partial charge in [-0.15, -0.1) is 0 Å². The first kappa shape index (κ1) is 10.3. The topological polar surface area (TPSA) is 33.1 Å². The van der Waals surface area contributed by atoms with Crippen LogP contribution in [-0.2, 0) is 0 Å². The first-order valence-electron chi connectivity index (χ1n) is 4.28. The van der Waals surface area contributed by atoms with Crippen molar-refractivity contribution in [1.82, 2.24) is 4.98 Å². The van der Waals surface area contributed by atoms with Crippen LogP contribution in [0, 0.1) is 0 Å². The molecule has 76 valence electrons. The molecular formula is C11H7Cl2NO. The van der Waals surface area contributed by atoms with E-state index in [1.807, 2.05) is 0 Å². The number of aromatic hydroxyl groups is 1. The third kappa shape index (κ3) is 2.06. The Morgan fingerprint density at radius 2 is 1.93 bits per heavy atom. The molecule has 1 aromatic carbocycles. The molecule has 0 atom stereocenters. The average molecular weight is 240 g/mol. The van der Waals surface area contributed by atoms with Crippen LogP contribution in [0.3, 0.4) is 0 Å². The van der Waals surface area contributed by atoms with Gasteiger partial charge in [-0.25, -0.2) is 0 Å². The second kappa shape index (κ2) is 4.09. The molecule has 0 aliphatic rings. The number of nitrogens with zero attached hydrogens (tertiary/aromatic N) is 1. The number of halogens is 2. The summed E-state index contributed by atoms with van der Waals surface area (Å²) >= 11 is 11.8. The third-order valence-electron chi connectivity index (χ3n) is 1.97. The average Bonchev–Trinajstić information content (AvgIpc) is 2.23. The number of hydrogen-bond donors (Lipinski definition) is 1. The van der Waals surface area contributed by atoms with E-state index in [4.69, 9.17) is 23.2 Å². The smallest absolute Gasteiger partial charge is 0.141 e. The highest BCUT2D eigenvalue weighted by Crippen LogP contribution is 2.33. The van der Waals surface area contributed by atoms with Gasteiger partial charge in [-0.05, 0) is 30.3 Å². The molecule has 1 aromatic heterocycles.